The number of benzene rings is 1. The molecule has 1 aromatic rings. The zero-order valence-electron chi connectivity index (χ0n) is 16.1. The predicted octanol–water partition coefficient (Wildman–Crippen LogP) is 1.58. The van der Waals surface area contributed by atoms with Gasteiger partial charge in [-0.25, -0.2) is 8.42 Å². The van der Waals surface area contributed by atoms with Crippen molar-refractivity contribution in [1.29, 1.82) is 0 Å². The lowest BCUT2D eigenvalue weighted by molar-refractivity contribution is -0.132. The fraction of sp³-hybridized carbons (Fsp3) is 0.650. The molecule has 0 N–H and O–H groups in total. The second-order valence-corrected chi connectivity index (χ2v) is 9.57. The van der Waals surface area contributed by atoms with Crippen LogP contribution in [0.2, 0.25) is 0 Å². The fourth-order valence-corrected chi connectivity index (χ4v) is 5.35. The van der Waals surface area contributed by atoms with Crippen molar-refractivity contribution < 1.29 is 13.2 Å². The molecule has 2 fully saturated rings. The lowest BCUT2D eigenvalue weighted by Crippen LogP contribution is -2.51. The maximum Gasteiger partial charge on any atom is 0.223 e. The zero-order valence-corrected chi connectivity index (χ0v) is 16.9. The van der Waals surface area contributed by atoms with Crippen molar-refractivity contribution in [2.75, 3.05) is 51.6 Å². The predicted molar refractivity (Wildman–Crippen MR) is 107 cm³/mol. The van der Waals surface area contributed by atoms with Gasteiger partial charge in [-0.05, 0) is 44.3 Å². The van der Waals surface area contributed by atoms with Crippen LogP contribution >= 0.6 is 0 Å². The molecule has 1 amide bonds. The van der Waals surface area contributed by atoms with Crippen LogP contribution in [0.15, 0.2) is 30.3 Å². The first kappa shape index (κ1) is 20.3. The monoisotopic (exact) mass is 393 g/mol. The molecule has 2 aliphatic rings. The van der Waals surface area contributed by atoms with Gasteiger partial charge in [-0.1, -0.05) is 30.3 Å². The number of carbonyl (C=O) groups is 1. The van der Waals surface area contributed by atoms with E-state index in [0.29, 0.717) is 39.0 Å². The Bertz CT molecular complexity index is 694. The molecule has 150 valence electrons. The highest BCUT2D eigenvalue weighted by Crippen LogP contribution is 2.13. The van der Waals surface area contributed by atoms with Crippen LogP contribution in [0, 0.1) is 0 Å². The van der Waals surface area contributed by atoms with Crippen LogP contribution in [0.5, 0.6) is 0 Å². The summed E-state index contributed by atoms with van der Waals surface area (Å²) in [7, 11) is -3.24. The van der Waals surface area contributed by atoms with Gasteiger partial charge in [0.15, 0.2) is 0 Å². The number of hydrogen-bond acceptors (Lipinski definition) is 4. The normalized spacial score (nSPS) is 19.5. The van der Waals surface area contributed by atoms with Crippen molar-refractivity contribution in [2.24, 2.45) is 0 Å². The van der Waals surface area contributed by atoms with Gasteiger partial charge >= 0.3 is 0 Å². The summed E-state index contributed by atoms with van der Waals surface area (Å²) in [5, 5.41) is 0. The second kappa shape index (κ2) is 9.66. The first-order chi connectivity index (χ1) is 13.0. The maximum atomic E-state index is 12.6. The van der Waals surface area contributed by atoms with Crippen LogP contribution in [0.4, 0.5) is 0 Å². The van der Waals surface area contributed by atoms with Crippen molar-refractivity contribution in [2.45, 2.75) is 32.1 Å². The van der Waals surface area contributed by atoms with Crippen LogP contribution < -0.4 is 0 Å². The summed E-state index contributed by atoms with van der Waals surface area (Å²) in [6, 6.07) is 9.97. The molecule has 27 heavy (non-hydrogen) atoms. The third kappa shape index (κ3) is 6.02. The van der Waals surface area contributed by atoms with Gasteiger partial charge in [-0.3, -0.25) is 4.79 Å². The van der Waals surface area contributed by atoms with Crippen LogP contribution in [-0.4, -0.2) is 80.0 Å². The molecule has 6 nitrogen and oxygen atoms in total. The lowest BCUT2D eigenvalue weighted by Gasteiger charge is -2.34. The molecule has 0 unspecified atom stereocenters. The number of nitrogens with zero attached hydrogens (tertiary/aromatic N) is 3. The highest BCUT2D eigenvalue weighted by molar-refractivity contribution is 7.89. The first-order valence-corrected chi connectivity index (χ1v) is 11.7. The number of amides is 1. The minimum absolute atomic E-state index is 0.156. The van der Waals surface area contributed by atoms with Gasteiger partial charge in [0.1, 0.15) is 0 Å². The van der Waals surface area contributed by atoms with Crippen molar-refractivity contribution in [1.82, 2.24) is 14.1 Å². The number of likely N-dealkylation sites (tertiary alicyclic amines) is 1. The molecule has 1 aromatic carbocycles. The topological polar surface area (TPSA) is 60.9 Å². The third-order valence-corrected chi connectivity index (χ3v) is 7.49. The number of aryl methyl sites for hydroxylation is 1. The van der Waals surface area contributed by atoms with E-state index in [4.69, 9.17) is 0 Å². The first-order valence-electron chi connectivity index (χ1n) is 10.1. The molecule has 0 atom stereocenters. The van der Waals surface area contributed by atoms with Gasteiger partial charge in [0.2, 0.25) is 15.9 Å². The van der Waals surface area contributed by atoms with Crippen molar-refractivity contribution in [3.63, 3.8) is 0 Å². The second-order valence-electron chi connectivity index (χ2n) is 7.48. The molecule has 0 radical (unpaired) electrons. The smallest absolute Gasteiger partial charge is 0.223 e. The van der Waals surface area contributed by atoms with Crippen LogP contribution in [0.25, 0.3) is 0 Å². The summed E-state index contributed by atoms with van der Waals surface area (Å²) in [5.74, 6) is 0.327. The number of carbonyl (C=O) groups excluding carboxylic acids is 1. The molecule has 0 saturated carbocycles. The van der Waals surface area contributed by atoms with Gasteiger partial charge in [-0.2, -0.15) is 4.31 Å². The summed E-state index contributed by atoms with van der Waals surface area (Å²) >= 11 is 0. The molecule has 3 rings (SSSR count). The number of rotatable bonds is 8. The summed E-state index contributed by atoms with van der Waals surface area (Å²) in [5.41, 5.74) is 1.17. The fourth-order valence-electron chi connectivity index (χ4n) is 3.87. The number of hydrogen-bond donors (Lipinski definition) is 0. The standard InChI is InChI=1S/C20H31N3O3S/c24-20(10-13-21-11-4-5-12-21)22-14-16-23(17-15-22)27(25,26)18-6-9-19-7-2-1-3-8-19/h1-3,7-8H,4-6,9-18H2. The molecular formula is C20H31N3O3S. The number of piperazine rings is 1. The van der Waals surface area contributed by atoms with Gasteiger partial charge in [0, 0.05) is 39.1 Å². The van der Waals surface area contributed by atoms with E-state index in [1.807, 2.05) is 35.2 Å². The lowest BCUT2D eigenvalue weighted by atomic mass is 10.1. The minimum Gasteiger partial charge on any atom is -0.340 e. The van der Waals surface area contributed by atoms with Gasteiger partial charge < -0.3 is 9.80 Å². The Labute approximate surface area is 163 Å². The Morgan fingerprint density at radius 2 is 1.59 bits per heavy atom. The van der Waals surface area contributed by atoms with Gasteiger partial charge in [0.05, 0.1) is 5.75 Å². The molecular weight excluding hydrogens is 362 g/mol. The zero-order chi connectivity index (χ0) is 19.1. The molecule has 2 saturated heterocycles. The van der Waals surface area contributed by atoms with E-state index in [9.17, 15) is 13.2 Å². The average Bonchev–Trinajstić information content (AvgIpc) is 3.20. The molecule has 0 bridgehead atoms. The molecule has 0 aromatic heterocycles. The maximum absolute atomic E-state index is 12.6. The average molecular weight is 394 g/mol. The van der Waals surface area contributed by atoms with E-state index in [2.05, 4.69) is 4.90 Å². The highest BCUT2D eigenvalue weighted by Gasteiger charge is 2.28. The van der Waals surface area contributed by atoms with E-state index in [-0.39, 0.29) is 11.7 Å². The van der Waals surface area contributed by atoms with Crippen molar-refractivity contribution >= 4 is 15.9 Å². The Balaban J connectivity index is 1.38. The Morgan fingerprint density at radius 3 is 2.26 bits per heavy atom. The molecule has 0 aliphatic carbocycles. The summed E-state index contributed by atoms with van der Waals surface area (Å²) in [6.45, 7) is 4.89. The van der Waals surface area contributed by atoms with E-state index < -0.39 is 10.0 Å². The molecule has 2 heterocycles. The van der Waals surface area contributed by atoms with E-state index in [1.54, 1.807) is 4.31 Å². The Kier molecular flexibility index (Phi) is 7.26. The number of sulfonamides is 1. The molecule has 7 heteroatoms. The summed E-state index contributed by atoms with van der Waals surface area (Å²) < 4.78 is 26.7. The Morgan fingerprint density at radius 1 is 0.926 bits per heavy atom. The van der Waals surface area contributed by atoms with Crippen molar-refractivity contribution in [3.8, 4) is 0 Å². The van der Waals surface area contributed by atoms with Crippen LogP contribution in [-0.2, 0) is 21.2 Å². The van der Waals surface area contributed by atoms with Crippen molar-refractivity contribution in [3.05, 3.63) is 35.9 Å². The summed E-state index contributed by atoms with van der Waals surface area (Å²) in [6.07, 6.45) is 4.41. The molecule has 0 spiro atoms. The quantitative estimate of drug-likeness (QED) is 0.673. The van der Waals surface area contributed by atoms with Crippen LogP contribution in [0.1, 0.15) is 31.2 Å². The van der Waals surface area contributed by atoms with E-state index in [1.165, 1.54) is 18.4 Å². The molecule has 2 aliphatic heterocycles. The SMILES string of the molecule is O=C(CCN1CCCC1)N1CCN(S(=O)(=O)CCCc2ccccc2)CC1. The van der Waals surface area contributed by atoms with Gasteiger partial charge in [0.25, 0.3) is 0 Å². The van der Waals surface area contributed by atoms with E-state index >= 15 is 0 Å². The minimum atomic E-state index is -3.24. The summed E-state index contributed by atoms with van der Waals surface area (Å²) in [4.78, 5) is 16.5. The third-order valence-electron chi connectivity index (χ3n) is 5.54. The largest absolute Gasteiger partial charge is 0.340 e. The van der Waals surface area contributed by atoms with Gasteiger partial charge in [-0.15, -0.1) is 0 Å². The van der Waals surface area contributed by atoms with E-state index in [0.717, 1.165) is 26.1 Å². The highest BCUT2D eigenvalue weighted by atomic mass is 32.2. The van der Waals surface area contributed by atoms with Crippen LogP contribution in [0.3, 0.4) is 0 Å². The Hall–Kier alpha value is -1.44.